The molecular formula is C20H26N2O2S. The fraction of sp³-hybridized carbons (Fsp3) is 0.700. The molecule has 3 fully saturated rings. The summed E-state index contributed by atoms with van der Waals surface area (Å²) in [5, 5.41) is 11.7. The molecule has 3 aliphatic rings. The van der Waals surface area contributed by atoms with Gasteiger partial charge in [-0.15, -0.1) is 11.3 Å². The zero-order chi connectivity index (χ0) is 17.3. The molecule has 0 aromatic carbocycles. The van der Waals surface area contributed by atoms with E-state index in [9.17, 15) is 10.1 Å². The lowest BCUT2D eigenvalue weighted by molar-refractivity contribution is 0.0391. The van der Waals surface area contributed by atoms with Crippen LogP contribution in [0.15, 0.2) is 11.4 Å². The van der Waals surface area contributed by atoms with Gasteiger partial charge in [0, 0.05) is 36.1 Å². The van der Waals surface area contributed by atoms with E-state index >= 15 is 0 Å². The van der Waals surface area contributed by atoms with E-state index in [1.807, 2.05) is 11.4 Å². The third-order valence-electron chi connectivity index (χ3n) is 6.38. The Bertz CT molecular complexity index is 669. The molecule has 4 rings (SSSR count). The molecule has 0 unspecified atom stereocenters. The molecular weight excluding hydrogens is 332 g/mol. The zero-order valence-electron chi connectivity index (χ0n) is 14.7. The number of carbonyl (C=O) groups is 1. The van der Waals surface area contributed by atoms with Crippen molar-refractivity contribution in [2.75, 3.05) is 19.8 Å². The third kappa shape index (κ3) is 3.11. The van der Waals surface area contributed by atoms with Gasteiger partial charge < -0.3 is 9.64 Å². The fourth-order valence-corrected chi connectivity index (χ4v) is 5.97. The van der Waals surface area contributed by atoms with E-state index < -0.39 is 5.41 Å². The van der Waals surface area contributed by atoms with Gasteiger partial charge in [0.2, 0.25) is 0 Å². The molecule has 0 N–H and O–H groups in total. The van der Waals surface area contributed by atoms with Crippen molar-refractivity contribution in [2.24, 2.45) is 5.92 Å². The molecule has 1 aromatic heterocycles. The highest BCUT2D eigenvalue weighted by atomic mass is 32.1. The van der Waals surface area contributed by atoms with Crippen molar-refractivity contribution < 1.29 is 9.53 Å². The van der Waals surface area contributed by atoms with Gasteiger partial charge in [-0.1, -0.05) is 12.8 Å². The number of rotatable bonds is 2. The quantitative estimate of drug-likeness (QED) is 0.799. The van der Waals surface area contributed by atoms with Gasteiger partial charge in [0.05, 0.1) is 17.0 Å². The summed E-state index contributed by atoms with van der Waals surface area (Å²) < 4.78 is 5.44. The van der Waals surface area contributed by atoms with Gasteiger partial charge in [-0.2, -0.15) is 5.26 Å². The van der Waals surface area contributed by atoms with Crippen LogP contribution in [-0.2, 0) is 10.2 Å². The first-order chi connectivity index (χ1) is 12.2. The van der Waals surface area contributed by atoms with Crippen LogP contribution in [0.5, 0.6) is 0 Å². The summed E-state index contributed by atoms with van der Waals surface area (Å²) >= 11 is 1.58. The van der Waals surface area contributed by atoms with Crippen molar-refractivity contribution in [1.29, 1.82) is 5.26 Å². The summed E-state index contributed by atoms with van der Waals surface area (Å²) in [6.07, 6.45) is 8.87. The molecule has 0 bridgehead atoms. The Hall–Kier alpha value is -1.38. The van der Waals surface area contributed by atoms with Gasteiger partial charge in [-0.3, -0.25) is 4.79 Å². The summed E-state index contributed by atoms with van der Waals surface area (Å²) in [5.74, 6) is 0.879. The molecule has 1 amide bonds. The molecule has 3 heterocycles. The highest BCUT2D eigenvalue weighted by Crippen LogP contribution is 2.39. The molecule has 25 heavy (non-hydrogen) atoms. The largest absolute Gasteiger partial charge is 0.381 e. The highest BCUT2D eigenvalue weighted by molar-refractivity contribution is 7.10. The normalized spacial score (nSPS) is 28.8. The maximum Gasteiger partial charge on any atom is 0.254 e. The second-order valence-electron chi connectivity index (χ2n) is 7.76. The van der Waals surface area contributed by atoms with Crippen LogP contribution >= 0.6 is 11.3 Å². The first-order valence-corrected chi connectivity index (χ1v) is 10.5. The Morgan fingerprint density at radius 2 is 2.00 bits per heavy atom. The van der Waals surface area contributed by atoms with Gasteiger partial charge >= 0.3 is 0 Å². The SMILES string of the molecule is N#CC1(c2cc(C(=O)N3CCC[C@H]4CCCC[C@H]43)cs2)CCOCC1. The topological polar surface area (TPSA) is 53.3 Å². The fourth-order valence-electron chi connectivity index (χ4n) is 4.88. The Morgan fingerprint density at radius 1 is 1.24 bits per heavy atom. The minimum atomic E-state index is -0.462. The Labute approximate surface area is 153 Å². The number of amides is 1. The van der Waals surface area contributed by atoms with Gasteiger partial charge in [-0.05, 0) is 50.5 Å². The van der Waals surface area contributed by atoms with Gasteiger partial charge in [0.25, 0.3) is 5.91 Å². The molecule has 134 valence electrons. The number of carbonyl (C=O) groups excluding carboxylic acids is 1. The molecule has 1 saturated carbocycles. The number of hydrogen-bond donors (Lipinski definition) is 0. The number of likely N-dealkylation sites (tertiary alicyclic amines) is 1. The lowest BCUT2D eigenvalue weighted by Gasteiger charge is -2.44. The maximum atomic E-state index is 13.2. The molecule has 1 aliphatic carbocycles. The second kappa shape index (κ2) is 7.09. The van der Waals surface area contributed by atoms with E-state index in [0.29, 0.717) is 25.2 Å². The van der Waals surface area contributed by atoms with Crippen molar-refractivity contribution in [3.8, 4) is 6.07 Å². The van der Waals surface area contributed by atoms with Gasteiger partial charge in [-0.25, -0.2) is 0 Å². The van der Waals surface area contributed by atoms with Crippen LogP contribution in [0, 0.1) is 17.2 Å². The molecule has 0 radical (unpaired) electrons. The van der Waals surface area contributed by atoms with E-state index in [2.05, 4.69) is 11.0 Å². The number of piperidine rings is 1. The first kappa shape index (κ1) is 17.1. The Kier molecular flexibility index (Phi) is 4.84. The van der Waals surface area contributed by atoms with E-state index in [1.54, 1.807) is 11.3 Å². The van der Waals surface area contributed by atoms with Crippen molar-refractivity contribution >= 4 is 17.2 Å². The second-order valence-corrected chi connectivity index (χ2v) is 8.67. The number of hydrogen-bond acceptors (Lipinski definition) is 4. The van der Waals surface area contributed by atoms with Crippen molar-refractivity contribution in [2.45, 2.75) is 62.8 Å². The first-order valence-electron chi connectivity index (χ1n) is 9.62. The average molecular weight is 359 g/mol. The van der Waals surface area contributed by atoms with Gasteiger partial charge in [0.15, 0.2) is 0 Å². The van der Waals surface area contributed by atoms with Crippen molar-refractivity contribution in [3.63, 3.8) is 0 Å². The number of nitriles is 1. The molecule has 2 saturated heterocycles. The van der Waals surface area contributed by atoms with Crippen LogP contribution in [0.25, 0.3) is 0 Å². The van der Waals surface area contributed by atoms with Crippen LogP contribution < -0.4 is 0 Å². The number of thiophene rings is 1. The molecule has 4 nitrogen and oxygen atoms in total. The third-order valence-corrected chi connectivity index (χ3v) is 7.52. The summed E-state index contributed by atoms with van der Waals surface area (Å²) in [7, 11) is 0. The molecule has 5 heteroatoms. The summed E-state index contributed by atoms with van der Waals surface area (Å²) in [4.78, 5) is 16.4. The standard InChI is InChI=1S/C20H26N2O2S/c21-14-20(7-10-24-11-8-20)18-12-16(13-25-18)19(23)22-9-3-5-15-4-1-2-6-17(15)22/h12-13,15,17H,1-11H2/t15-,17-/m1/s1. The molecule has 0 spiro atoms. The molecule has 2 atom stereocenters. The van der Waals surface area contributed by atoms with Crippen LogP contribution in [0.1, 0.15) is 66.6 Å². The van der Waals surface area contributed by atoms with Crippen LogP contribution in [-0.4, -0.2) is 36.6 Å². The highest BCUT2D eigenvalue weighted by Gasteiger charge is 2.39. The predicted octanol–water partition coefficient (Wildman–Crippen LogP) is 4.11. The Morgan fingerprint density at radius 3 is 2.80 bits per heavy atom. The monoisotopic (exact) mass is 358 g/mol. The smallest absolute Gasteiger partial charge is 0.254 e. The van der Waals surface area contributed by atoms with E-state index in [-0.39, 0.29) is 5.91 Å². The number of nitrogens with zero attached hydrogens (tertiary/aromatic N) is 2. The average Bonchev–Trinajstić information content (AvgIpc) is 3.18. The maximum absolute atomic E-state index is 13.2. The lowest BCUT2D eigenvalue weighted by atomic mass is 9.78. The summed E-state index contributed by atoms with van der Waals surface area (Å²) in [6, 6.07) is 4.95. The minimum Gasteiger partial charge on any atom is -0.381 e. The van der Waals surface area contributed by atoms with E-state index in [0.717, 1.165) is 42.7 Å². The lowest BCUT2D eigenvalue weighted by Crippen LogP contribution is -2.49. The molecule has 1 aromatic rings. The van der Waals surface area contributed by atoms with Crippen molar-refractivity contribution in [1.82, 2.24) is 4.90 Å². The summed E-state index contributed by atoms with van der Waals surface area (Å²) in [6.45, 7) is 2.15. The predicted molar refractivity (Wildman–Crippen MR) is 97.7 cm³/mol. The van der Waals surface area contributed by atoms with Crippen molar-refractivity contribution in [3.05, 3.63) is 21.9 Å². The minimum absolute atomic E-state index is 0.180. The summed E-state index contributed by atoms with van der Waals surface area (Å²) in [5.41, 5.74) is 0.323. The van der Waals surface area contributed by atoms with Crippen LogP contribution in [0.2, 0.25) is 0 Å². The van der Waals surface area contributed by atoms with Crippen LogP contribution in [0.4, 0.5) is 0 Å². The zero-order valence-corrected chi connectivity index (χ0v) is 15.5. The number of fused-ring (bicyclic) bond motifs is 1. The Balaban J connectivity index is 1.55. The number of ether oxygens (including phenoxy) is 1. The van der Waals surface area contributed by atoms with E-state index in [4.69, 9.17) is 4.74 Å². The van der Waals surface area contributed by atoms with E-state index in [1.165, 1.54) is 25.7 Å². The van der Waals surface area contributed by atoms with Crippen LogP contribution in [0.3, 0.4) is 0 Å². The van der Waals surface area contributed by atoms with Gasteiger partial charge in [0.1, 0.15) is 0 Å². The molecule has 2 aliphatic heterocycles.